The second-order valence-corrected chi connectivity index (χ2v) is 7.10. The lowest BCUT2D eigenvalue weighted by Gasteiger charge is -2.33. The van der Waals surface area contributed by atoms with Gasteiger partial charge >= 0.3 is 12.2 Å². The Hall–Kier alpha value is -2.03. The fraction of sp³-hybridized carbons (Fsp3) is 0.667. The average Bonchev–Trinajstić information content (AvgIpc) is 2.56. The molecule has 154 valence electrons. The summed E-state index contributed by atoms with van der Waals surface area (Å²) >= 11 is 0. The molecule has 0 fully saturated rings. The minimum atomic E-state index is -4.53. The molecule has 1 N–H and O–H groups in total. The van der Waals surface area contributed by atoms with Crippen LogP contribution in [0.5, 0.6) is 0 Å². The third kappa shape index (κ3) is 6.27. The molecule has 1 rings (SSSR count). The molecule has 0 saturated carbocycles. The molecule has 2 amide bonds. The van der Waals surface area contributed by atoms with Crippen LogP contribution in [0.25, 0.3) is 0 Å². The minimum absolute atomic E-state index is 0.0275. The van der Waals surface area contributed by atoms with E-state index in [0.29, 0.717) is 6.54 Å². The van der Waals surface area contributed by atoms with Crippen LogP contribution in [0.2, 0.25) is 0 Å². The predicted octanol–water partition coefficient (Wildman–Crippen LogP) is 3.75. The fourth-order valence-corrected chi connectivity index (χ4v) is 2.82. The minimum Gasteiger partial charge on any atom is -0.373 e. The smallest absolute Gasteiger partial charge is 0.373 e. The van der Waals surface area contributed by atoms with Crippen molar-refractivity contribution in [3.8, 4) is 0 Å². The van der Waals surface area contributed by atoms with Crippen LogP contribution in [0.1, 0.15) is 33.3 Å². The lowest BCUT2D eigenvalue weighted by molar-refractivity contribution is -0.137. The maximum Gasteiger partial charge on any atom is 0.416 e. The van der Waals surface area contributed by atoms with Crippen molar-refractivity contribution in [1.29, 1.82) is 0 Å². The number of amides is 2. The second kappa shape index (κ2) is 9.25. The Labute approximate surface area is 159 Å². The number of aromatic nitrogens is 1. The summed E-state index contributed by atoms with van der Waals surface area (Å²) in [5.41, 5.74) is -0.849. The Balaban J connectivity index is 3.30. The Bertz CT molecular complexity index is 624. The summed E-state index contributed by atoms with van der Waals surface area (Å²) in [7, 11) is 4.61. The number of hydrogen-bond donors (Lipinski definition) is 1. The van der Waals surface area contributed by atoms with E-state index < -0.39 is 17.8 Å². The number of nitrogens with zero attached hydrogens (tertiary/aromatic N) is 4. The van der Waals surface area contributed by atoms with E-state index in [4.69, 9.17) is 0 Å². The average molecular weight is 389 g/mol. The number of hydrogen-bond acceptors (Lipinski definition) is 4. The summed E-state index contributed by atoms with van der Waals surface area (Å²) < 4.78 is 39.8. The third-order valence-corrected chi connectivity index (χ3v) is 4.19. The molecule has 0 spiro atoms. The van der Waals surface area contributed by atoms with E-state index in [2.05, 4.69) is 15.2 Å². The second-order valence-electron chi connectivity index (χ2n) is 7.10. The maximum absolute atomic E-state index is 13.3. The fourth-order valence-electron chi connectivity index (χ4n) is 2.82. The van der Waals surface area contributed by atoms with Gasteiger partial charge in [0.15, 0.2) is 0 Å². The van der Waals surface area contributed by atoms with Crippen LogP contribution in [0, 0.1) is 0 Å². The number of pyridine rings is 1. The van der Waals surface area contributed by atoms with Gasteiger partial charge in [0.2, 0.25) is 0 Å². The molecule has 0 aliphatic heterocycles. The van der Waals surface area contributed by atoms with Crippen molar-refractivity contribution in [2.45, 2.75) is 46.0 Å². The molecule has 1 aromatic heterocycles. The van der Waals surface area contributed by atoms with Crippen LogP contribution in [0.3, 0.4) is 0 Å². The van der Waals surface area contributed by atoms with Crippen LogP contribution < -0.4 is 10.2 Å². The van der Waals surface area contributed by atoms with Gasteiger partial charge in [-0.2, -0.15) is 13.2 Å². The monoisotopic (exact) mass is 389 g/mol. The van der Waals surface area contributed by atoms with Gasteiger partial charge in [-0.3, -0.25) is 9.80 Å². The molecule has 0 saturated heterocycles. The molecular weight excluding hydrogens is 359 g/mol. The Kier molecular flexibility index (Phi) is 7.89. The van der Waals surface area contributed by atoms with Crippen LogP contribution >= 0.6 is 0 Å². The van der Waals surface area contributed by atoms with Crippen molar-refractivity contribution < 1.29 is 18.0 Å². The molecule has 6 nitrogen and oxygen atoms in total. The number of rotatable bonds is 7. The van der Waals surface area contributed by atoms with Crippen LogP contribution in [0.15, 0.2) is 12.1 Å². The molecular formula is C18H30F3N5O. The molecule has 0 aliphatic carbocycles. The largest absolute Gasteiger partial charge is 0.416 e. The molecule has 0 bridgehead atoms. The molecule has 0 atom stereocenters. The highest BCUT2D eigenvalue weighted by atomic mass is 19.4. The zero-order valence-electron chi connectivity index (χ0n) is 17.1. The Morgan fingerprint density at radius 2 is 1.67 bits per heavy atom. The Morgan fingerprint density at radius 1 is 1.11 bits per heavy atom. The van der Waals surface area contributed by atoms with Gasteiger partial charge in [0.1, 0.15) is 11.6 Å². The predicted molar refractivity (Wildman–Crippen MR) is 102 cm³/mol. The van der Waals surface area contributed by atoms with E-state index in [1.165, 1.54) is 16.8 Å². The van der Waals surface area contributed by atoms with Gasteiger partial charge in [-0.25, -0.2) is 9.78 Å². The van der Waals surface area contributed by atoms with Crippen LogP contribution in [-0.4, -0.2) is 67.1 Å². The van der Waals surface area contributed by atoms with Crippen LogP contribution in [0.4, 0.5) is 29.6 Å². The summed E-state index contributed by atoms with van der Waals surface area (Å²) in [5.74, 6) is 0.0290. The zero-order chi connectivity index (χ0) is 20.9. The van der Waals surface area contributed by atoms with Crippen molar-refractivity contribution in [2.24, 2.45) is 0 Å². The van der Waals surface area contributed by atoms with E-state index >= 15 is 0 Å². The quantitative estimate of drug-likeness (QED) is 0.772. The highest BCUT2D eigenvalue weighted by molar-refractivity contribution is 5.91. The molecule has 1 aromatic rings. The third-order valence-electron chi connectivity index (χ3n) is 4.19. The molecule has 0 radical (unpaired) electrons. The molecule has 0 aromatic carbocycles. The van der Waals surface area contributed by atoms with Crippen molar-refractivity contribution >= 4 is 17.7 Å². The van der Waals surface area contributed by atoms with Gasteiger partial charge in [-0.15, -0.1) is 0 Å². The summed E-state index contributed by atoms with van der Waals surface area (Å²) in [6.45, 7) is 8.91. The van der Waals surface area contributed by atoms with Crippen LogP contribution in [-0.2, 0) is 6.18 Å². The number of carbonyl (C=O) groups excluding carboxylic acids is 1. The van der Waals surface area contributed by atoms with Gasteiger partial charge in [0.25, 0.3) is 0 Å². The van der Waals surface area contributed by atoms with E-state index in [1.54, 1.807) is 14.1 Å². The zero-order valence-corrected chi connectivity index (χ0v) is 17.1. The lowest BCUT2D eigenvalue weighted by Crippen LogP contribution is -2.47. The van der Waals surface area contributed by atoms with E-state index in [9.17, 15) is 18.0 Å². The summed E-state index contributed by atoms with van der Waals surface area (Å²) in [6.07, 6.45) is -4.53. The number of anilines is 2. The van der Waals surface area contributed by atoms with Crippen molar-refractivity contribution in [3.63, 3.8) is 0 Å². The summed E-state index contributed by atoms with van der Waals surface area (Å²) in [5, 5.41) is 2.63. The standard InChI is InChI=1S/C18H30F3N5O/c1-12(2)25(13(3)4)8-9-26(17(27)24(6)7)16-11-14(18(19,20)21)10-15(22-5)23-16/h10-13H,8-9H2,1-7H3,(H,22,23). The molecule has 9 heteroatoms. The summed E-state index contributed by atoms with van der Waals surface area (Å²) in [4.78, 5) is 21.6. The molecule has 0 unspecified atom stereocenters. The number of nitrogens with one attached hydrogen (secondary N) is 1. The Morgan fingerprint density at radius 3 is 2.07 bits per heavy atom. The van der Waals surface area contributed by atoms with Gasteiger partial charge in [0.05, 0.1) is 5.56 Å². The first kappa shape index (κ1) is 23.0. The first-order valence-corrected chi connectivity index (χ1v) is 8.90. The molecule has 0 aliphatic rings. The highest BCUT2D eigenvalue weighted by Crippen LogP contribution is 2.33. The summed E-state index contributed by atoms with van der Waals surface area (Å²) in [6, 6.07) is 1.90. The molecule has 1 heterocycles. The number of alkyl halides is 3. The van der Waals surface area contributed by atoms with E-state index in [0.717, 1.165) is 12.1 Å². The van der Waals surface area contributed by atoms with Crippen molar-refractivity contribution in [2.75, 3.05) is 44.4 Å². The van der Waals surface area contributed by atoms with Crippen molar-refractivity contribution in [1.82, 2.24) is 14.8 Å². The van der Waals surface area contributed by atoms with Gasteiger partial charge in [-0.05, 0) is 39.8 Å². The number of halogens is 3. The topological polar surface area (TPSA) is 51.7 Å². The number of carbonyl (C=O) groups is 1. The van der Waals surface area contributed by atoms with E-state index in [1.807, 2.05) is 27.7 Å². The van der Waals surface area contributed by atoms with Crippen molar-refractivity contribution in [3.05, 3.63) is 17.7 Å². The first-order valence-electron chi connectivity index (χ1n) is 8.90. The van der Waals surface area contributed by atoms with Gasteiger partial charge in [-0.1, -0.05) is 0 Å². The maximum atomic E-state index is 13.3. The normalized spacial score (nSPS) is 12.0. The first-order chi connectivity index (χ1) is 12.4. The highest BCUT2D eigenvalue weighted by Gasteiger charge is 2.33. The SMILES string of the molecule is CNc1cc(C(F)(F)F)cc(N(CCN(C(C)C)C(C)C)C(=O)N(C)C)n1. The van der Waals surface area contributed by atoms with Gasteiger partial charge < -0.3 is 10.2 Å². The molecule has 27 heavy (non-hydrogen) atoms. The van der Waals surface area contributed by atoms with Gasteiger partial charge in [0, 0.05) is 46.3 Å². The van der Waals surface area contributed by atoms with E-state index in [-0.39, 0.29) is 30.3 Å². The number of urea groups is 1. The lowest BCUT2D eigenvalue weighted by atomic mass is 10.2.